The van der Waals surface area contributed by atoms with Gasteiger partial charge in [-0.1, -0.05) is 0 Å². The van der Waals surface area contributed by atoms with Gasteiger partial charge < -0.3 is 5.73 Å². The number of aromatic nitrogens is 3. The van der Waals surface area contributed by atoms with E-state index in [1.54, 1.807) is 11.3 Å². The van der Waals surface area contributed by atoms with Gasteiger partial charge in [-0.15, -0.1) is 11.3 Å². The first-order chi connectivity index (χ1) is 6.72. The molecule has 0 spiro atoms. The Morgan fingerprint density at radius 1 is 1.50 bits per heavy atom. The molecule has 74 valence electrons. The zero-order valence-electron chi connectivity index (χ0n) is 8.19. The first kappa shape index (κ1) is 9.36. The number of hydrogen-bond donors (Lipinski definition) is 1. The number of hydrogen-bond acceptors (Lipinski definition) is 4. The first-order valence-corrected chi connectivity index (χ1v) is 5.17. The van der Waals surface area contributed by atoms with Crippen LogP contribution >= 0.6 is 11.3 Å². The summed E-state index contributed by atoms with van der Waals surface area (Å²) in [4.78, 5) is 5.35. The van der Waals surface area contributed by atoms with E-state index < -0.39 is 0 Å². The molecule has 2 aromatic heterocycles. The topological polar surface area (TPSA) is 56.7 Å². The number of rotatable bonds is 2. The van der Waals surface area contributed by atoms with Crippen molar-refractivity contribution in [1.82, 2.24) is 14.8 Å². The van der Waals surface area contributed by atoms with Crippen molar-refractivity contribution < 1.29 is 0 Å². The van der Waals surface area contributed by atoms with Crippen LogP contribution in [0.3, 0.4) is 0 Å². The lowest BCUT2D eigenvalue weighted by atomic mass is 10.2. The first-order valence-electron chi connectivity index (χ1n) is 4.36. The third-order valence-electron chi connectivity index (χ3n) is 2.08. The molecular weight excluding hydrogens is 196 g/mol. The zero-order valence-corrected chi connectivity index (χ0v) is 9.01. The highest BCUT2D eigenvalue weighted by atomic mass is 32.1. The lowest BCUT2D eigenvalue weighted by Gasteiger charge is -1.98. The van der Waals surface area contributed by atoms with Crippen molar-refractivity contribution in [3.63, 3.8) is 0 Å². The summed E-state index contributed by atoms with van der Waals surface area (Å²) in [7, 11) is 1.93. The third-order valence-corrected chi connectivity index (χ3v) is 3.11. The van der Waals surface area contributed by atoms with Crippen LogP contribution < -0.4 is 5.73 Å². The monoisotopic (exact) mass is 208 g/mol. The van der Waals surface area contributed by atoms with E-state index in [4.69, 9.17) is 5.73 Å². The normalized spacial score (nSPS) is 10.8. The number of nitrogens with zero attached hydrogens (tertiary/aromatic N) is 3. The van der Waals surface area contributed by atoms with Crippen LogP contribution in [0.5, 0.6) is 0 Å². The molecular formula is C9H12N4S. The van der Waals surface area contributed by atoms with Crippen molar-refractivity contribution in [2.75, 3.05) is 0 Å². The van der Waals surface area contributed by atoms with Gasteiger partial charge in [-0.05, 0) is 12.5 Å². The Balaban J connectivity index is 2.48. The van der Waals surface area contributed by atoms with E-state index in [0.29, 0.717) is 6.54 Å². The Hall–Kier alpha value is -1.20. The number of nitrogens with two attached hydrogens (primary N) is 1. The van der Waals surface area contributed by atoms with Crippen molar-refractivity contribution in [2.45, 2.75) is 13.5 Å². The Bertz CT molecular complexity index is 424. The molecule has 2 heterocycles. The van der Waals surface area contributed by atoms with Crippen LogP contribution in [-0.4, -0.2) is 14.8 Å². The Labute approximate surface area is 86.4 Å². The van der Waals surface area contributed by atoms with Gasteiger partial charge in [0.2, 0.25) is 0 Å². The van der Waals surface area contributed by atoms with E-state index in [-0.39, 0.29) is 0 Å². The van der Waals surface area contributed by atoms with Crippen molar-refractivity contribution in [3.8, 4) is 10.6 Å². The van der Waals surface area contributed by atoms with E-state index in [1.807, 2.05) is 31.0 Å². The van der Waals surface area contributed by atoms with E-state index in [1.165, 1.54) is 5.56 Å². The average Bonchev–Trinajstić information content (AvgIpc) is 2.73. The van der Waals surface area contributed by atoms with Gasteiger partial charge in [0.05, 0.1) is 16.8 Å². The number of thiazole rings is 1. The molecule has 0 fully saturated rings. The molecule has 0 aliphatic carbocycles. The molecule has 2 rings (SSSR count). The van der Waals surface area contributed by atoms with Crippen molar-refractivity contribution in [2.24, 2.45) is 12.8 Å². The Morgan fingerprint density at radius 2 is 2.29 bits per heavy atom. The summed E-state index contributed by atoms with van der Waals surface area (Å²) in [6.45, 7) is 2.55. The van der Waals surface area contributed by atoms with E-state index in [9.17, 15) is 0 Å². The summed E-state index contributed by atoms with van der Waals surface area (Å²) in [6.07, 6.45) is 3.72. The van der Waals surface area contributed by atoms with E-state index >= 15 is 0 Å². The second kappa shape index (κ2) is 3.51. The fraction of sp³-hybridized carbons (Fsp3) is 0.333. The lowest BCUT2D eigenvalue weighted by molar-refractivity contribution is 0.777. The van der Waals surface area contributed by atoms with Crippen LogP contribution in [0.4, 0.5) is 0 Å². The quantitative estimate of drug-likeness (QED) is 0.809. The molecule has 0 saturated heterocycles. The van der Waals surface area contributed by atoms with Crippen molar-refractivity contribution >= 4 is 11.3 Å². The molecule has 5 heteroatoms. The molecule has 0 aromatic carbocycles. The van der Waals surface area contributed by atoms with Crippen LogP contribution in [-0.2, 0) is 13.6 Å². The van der Waals surface area contributed by atoms with Gasteiger partial charge in [0.15, 0.2) is 0 Å². The maximum Gasteiger partial charge on any atom is 0.107 e. The summed E-state index contributed by atoms with van der Waals surface area (Å²) in [5, 5.41) is 5.15. The standard InChI is InChI=1S/C9H12N4S/c1-6-4-12-13(2)9(6)7-5-11-8(3-10)14-7/h4-5H,3,10H2,1-2H3. The molecule has 0 unspecified atom stereocenters. The highest BCUT2D eigenvalue weighted by molar-refractivity contribution is 7.15. The fourth-order valence-corrected chi connectivity index (χ4v) is 2.35. The molecule has 0 atom stereocenters. The molecule has 0 amide bonds. The Kier molecular flexibility index (Phi) is 2.35. The highest BCUT2D eigenvalue weighted by Crippen LogP contribution is 2.27. The van der Waals surface area contributed by atoms with Gasteiger partial charge >= 0.3 is 0 Å². The maximum absolute atomic E-state index is 5.52. The lowest BCUT2D eigenvalue weighted by Crippen LogP contribution is -1.93. The maximum atomic E-state index is 5.52. The predicted octanol–water partition coefficient (Wildman–Crippen LogP) is 1.31. The minimum absolute atomic E-state index is 0.502. The molecule has 0 radical (unpaired) electrons. The molecule has 2 N–H and O–H groups in total. The predicted molar refractivity (Wildman–Crippen MR) is 56.9 cm³/mol. The largest absolute Gasteiger partial charge is 0.325 e. The van der Waals surface area contributed by atoms with Crippen LogP contribution in [0, 0.1) is 6.92 Å². The molecule has 0 aliphatic heterocycles. The second-order valence-electron chi connectivity index (χ2n) is 3.12. The van der Waals surface area contributed by atoms with Gasteiger partial charge in [-0.3, -0.25) is 4.68 Å². The number of aryl methyl sites for hydroxylation is 2. The zero-order chi connectivity index (χ0) is 10.1. The molecule has 2 aromatic rings. The second-order valence-corrected chi connectivity index (χ2v) is 4.24. The average molecular weight is 208 g/mol. The molecule has 0 saturated carbocycles. The molecule has 14 heavy (non-hydrogen) atoms. The van der Waals surface area contributed by atoms with Crippen LogP contribution in [0.25, 0.3) is 10.6 Å². The van der Waals surface area contributed by atoms with Gasteiger partial charge in [-0.2, -0.15) is 5.10 Å². The minimum Gasteiger partial charge on any atom is -0.325 e. The van der Waals surface area contributed by atoms with Crippen LogP contribution in [0.2, 0.25) is 0 Å². The molecule has 0 aliphatic rings. The summed E-state index contributed by atoms with van der Waals surface area (Å²) in [5.41, 5.74) is 7.81. The highest BCUT2D eigenvalue weighted by Gasteiger charge is 2.10. The van der Waals surface area contributed by atoms with E-state index in [0.717, 1.165) is 15.6 Å². The summed E-state index contributed by atoms with van der Waals surface area (Å²) >= 11 is 1.62. The van der Waals surface area contributed by atoms with Gasteiger partial charge in [0.1, 0.15) is 5.01 Å². The van der Waals surface area contributed by atoms with Crippen LogP contribution in [0.1, 0.15) is 10.6 Å². The van der Waals surface area contributed by atoms with Crippen molar-refractivity contribution in [3.05, 3.63) is 23.0 Å². The van der Waals surface area contributed by atoms with Gasteiger partial charge in [0, 0.05) is 19.8 Å². The van der Waals surface area contributed by atoms with Gasteiger partial charge in [0.25, 0.3) is 0 Å². The van der Waals surface area contributed by atoms with Crippen molar-refractivity contribution in [1.29, 1.82) is 0 Å². The fourth-order valence-electron chi connectivity index (χ4n) is 1.42. The molecule has 0 bridgehead atoms. The van der Waals surface area contributed by atoms with Crippen LogP contribution in [0.15, 0.2) is 12.4 Å². The summed E-state index contributed by atoms with van der Waals surface area (Å²) in [5.74, 6) is 0. The SMILES string of the molecule is Cc1cnn(C)c1-c1cnc(CN)s1. The smallest absolute Gasteiger partial charge is 0.107 e. The molecule has 4 nitrogen and oxygen atoms in total. The Morgan fingerprint density at radius 3 is 2.79 bits per heavy atom. The summed E-state index contributed by atoms with van der Waals surface area (Å²) < 4.78 is 1.86. The van der Waals surface area contributed by atoms with Gasteiger partial charge in [-0.25, -0.2) is 4.98 Å². The van der Waals surface area contributed by atoms with E-state index in [2.05, 4.69) is 10.1 Å². The summed E-state index contributed by atoms with van der Waals surface area (Å²) in [6, 6.07) is 0. The minimum atomic E-state index is 0.502. The third kappa shape index (κ3) is 1.44.